The van der Waals surface area contributed by atoms with Gasteiger partial charge in [0.2, 0.25) is 0 Å². The number of methoxy groups -OCH3 is 1. The summed E-state index contributed by atoms with van der Waals surface area (Å²) in [6.07, 6.45) is 2.56. The molecule has 2 heterocycles. The first-order chi connectivity index (χ1) is 12.3. The minimum absolute atomic E-state index is 0.650. The number of ether oxygens (including phenoxy) is 1. The number of hydrogen-bond acceptors (Lipinski definition) is 3. The fourth-order valence-corrected chi connectivity index (χ4v) is 4.86. The van der Waals surface area contributed by atoms with Crippen LogP contribution in [0.5, 0.6) is 5.75 Å². The molecule has 132 valence electrons. The molecule has 2 aromatic rings. The lowest BCUT2D eigenvalue weighted by molar-refractivity contribution is 0.119. The number of rotatable bonds is 3. The third kappa shape index (κ3) is 3.42. The van der Waals surface area contributed by atoms with Gasteiger partial charge in [0.15, 0.2) is 5.75 Å². The molecule has 4 heteroatoms. The van der Waals surface area contributed by atoms with Crippen LogP contribution in [0.4, 0.5) is 5.69 Å². The van der Waals surface area contributed by atoms with E-state index in [4.69, 9.17) is 4.74 Å². The van der Waals surface area contributed by atoms with Gasteiger partial charge in [-0.25, -0.2) is 0 Å². The van der Waals surface area contributed by atoms with Crippen molar-refractivity contribution >= 4 is 21.6 Å². The number of piperidine rings is 1. The van der Waals surface area contributed by atoms with E-state index >= 15 is 0 Å². The topological polar surface area (TPSA) is 15.7 Å². The number of anilines is 1. The van der Waals surface area contributed by atoms with E-state index in [-0.39, 0.29) is 0 Å². The van der Waals surface area contributed by atoms with Crippen LogP contribution in [0, 0.1) is 0 Å². The first-order valence-electron chi connectivity index (χ1n) is 9.12. The van der Waals surface area contributed by atoms with Gasteiger partial charge in [0.1, 0.15) is 0 Å². The molecule has 2 saturated heterocycles. The monoisotopic (exact) mass is 400 g/mol. The largest absolute Gasteiger partial charge is 0.493 e. The van der Waals surface area contributed by atoms with Crippen molar-refractivity contribution in [1.29, 1.82) is 0 Å². The number of fused-ring (bicyclic) bond motifs is 1. The Morgan fingerprint density at radius 2 is 1.80 bits per heavy atom. The molecule has 0 amide bonds. The normalized spacial score (nSPS) is 24.0. The predicted octanol–water partition coefficient (Wildman–Crippen LogP) is 4.53. The molecule has 0 saturated carbocycles. The molecule has 0 bridgehead atoms. The first kappa shape index (κ1) is 16.9. The number of benzene rings is 2. The Kier molecular flexibility index (Phi) is 5.00. The van der Waals surface area contributed by atoms with Crippen molar-refractivity contribution in [3.05, 3.63) is 58.6 Å². The highest BCUT2D eigenvalue weighted by molar-refractivity contribution is 9.10. The van der Waals surface area contributed by atoms with Crippen molar-refractivity contribution in [3.63, 3.8) is 0 Å². The van der Waals surface area contributed by atoms with Gasteiger partial charge >= 0.3 is 0 Å². The summed E-state index contributed by atoms with van der Waals surface area (Å²) in [6, 6.07) is 18.0. The van der Waals surface area contributed by atoms with E-state index in [1.165, 1.54) is 30.6 Å². The lowest BCUT2D eigenvalue weighted by Crippen LogP contribution is -2.56. The Morgan fingerprint density at radius 1 is 0.960 bits per heavy atom. The molecule has 0 spiro atoms. The van der Waals surface area contributed by atoms with Gasteiger partial charge in [-0.1, -0.05) is 36.4 Å². The zero-order chi connectivity index (χ0) is 17.2. The molecule has 0 aromatic heterocycles. The van der Waals surface area contributed by atoms with Crippen molar-refractivity contribution in [1.82, 2.24) is 4.90 Å². The minimum Gasteiger partial charge on any atom is -0.493 e. The summed E-state index contributed by atoms with van der Waals surface area (Å²) in [5.74, 6) is 1.64. The first-order valence-corrected chi connectivity index (χ1v) is 9.92. The second-order valence-electron chi connectivity index (χ2n) is 7.07. The van der Waals surface area contributed by atoms with Crippen LogP contribution < -0.4 is 9.64 Å². The summed E-state index contributed by atoms with van der Waals surface area (Å²) < 4.78 is 6.67. The molecular formula is C21H25BrN2O. The number of para-hydroxylation sites is 1. The third-order valence-corrected chi connectivity index (χ3v) is 6.29. The molecular weight excluding hydrogens is 376 g/mol. The molecule has 0 N–H and O–H groups in total. The van der Waals surface area contributed by atoms with E-state index in [0.29, 0.717) is 12.0 Å². The molecule has 3 nitrogen and oxygen atoms in total. The van der Waals surface area contributed by atoms with Crippen molar-refractivity contribution < 1.29 is 4.74 Å². The smallest absolute Gasteiger partial charge is 0.156 e. The minimum atomic E-state index is 0.650. The average molecular weight is 401 g/mol. The van der Waals surface area contributed by atoms with Crippen LogP contribution in [0.25, 0.3) is 0 Å². The number of nitrogens with zero attached hydrogens (tertiary/aromatic N) is 2. The maximum Gasteiger partial charge on any atom is 0.156 e. The van der Waals surface area contributed by atoms with Crippen LogP contribution in [-0.2, 0) is 0 Å². The van der Waals surface area contributed by atoms with E-state index in [2.05, 4.69) is 68.2 Å². The van der Waals surface area contributed by atoms with E-state index in [0.717, 1.165) is 29.9 Å². The molecule has 0 unspecified atom stereocenters. The second kappa shape index (κ2) is 7.38. The lowest BCUT2D eigenvalue weighted by atomic mass is 9.86. The Bertz CT molecular complexity index is 721. The van der Waals surface area contributed by atoms with Gasteiger partial charge in [0.25, 0.3) is 0 Å². The van der Waals surface area contributed by atoms with Gasteiger partial charge in [-0.3, -0.25) is 4.90 Å². The molecule has 2 aromatic carbocycles. The van der Waals surface area contributed by atoms with Crippen molar-refractivity contribution in [2.45, 2.75) is 24.8 Å². The number of hydrogen-bond donors (Lipinski definition) is 0. The van der Waals surface area contributed by atoms with Crippen LogP contribution in [0.15, 0.2) is 53.0 Å². The Morgan fingerprint density at radius 3 is 2.60 bits per heavy atom. The standard InChI is InChI=1S/C21H25BrN2O/c1-25-21-19(22)8-5-9-20(21)24-13-12-23-14-17(10-11-18(23)15-24)16-6-3-2-4-7-16/h2-9,17-18H,10-15H2,1H3/t17-,18+/m0/s1. The second-order valence-corrected chi connectivity index (χ2v) is 7.93. The highest BCUT2D eigenvalue weighted by atomic mass is 79.9. The van der Waals surface area contributed by atoms with Crippen molar-refractivity contribution in [2.24, 2.45) is 0 Å². The zero-order valence-electron chi connectivity index (χ0n) is 14.7. The highest BCUT2D eigenvalue weighted by Gasteiger charge is 2.34. The average Bonchev–Trinajstić information content (AvgIpc) is 2.67. The summed E-state index contributed by atoms with van der Waals surface area (Å²) in [7, 11) is 1.75. The van der Waals surface area contributed by atoms with Gasteiger partial charge < -0.3 is 9.64 Å². The van der Waals surface area contributed by atoms with Crippen LogP contribution in [-0.4, -0.2) is 44.2 Å². The van der Waals surface area contributed by atoms with Crippen LogP contribution in [0.3, 0.4) is 0 Å². The Labute approximate surface area is 158 Å². The van der Waals surface area contributed by atoms with Gasteiger partial charge in [0.05, 0.1) is 17.3 Å². The molecule has 2 fully saturated rings. The summed E-state index contributed by atoms with van der Waals surface area (Å²) in [6.45, 7) is 4.47. The molecule has 25 heavy (non-hydrogen) atoms. The lowest BCUT2D eigenvalue weighted by Gasteiger charge is -2.47. The SMILES string of the molecule is COc1c(Br)cccc1N1CCN2C[C@@H](c3ccccc3)CC[C@@H]2C1. The van der Waals surface area contributed by atoms with Gasteiger partial charge in [-0.05, 0) is 52.4 Å². The maximum absolute atomic E-state index is 5.64. The van der Waals surface area contributed by atoms with Gasteiger partial charge in [0, 0.05) is 32.2 Å². The molecule has 2 aliphatic heterocycles. The van der Waals surface area contributed by atoms with E-state index in [1.807, 2.05) is 6.07 Å². The predicted molar refractivity (Wildman–Crippen MR) is 107 cm³/mol. The molecule has 2 atom stereocenters. The van der Waals surface area contributed by atoms with Crippen LogP contribution in [0.2, 0.25) is 0 Å². The summed E-state index contributed by atoms with van der Waals surface area (Å²) >= 11 is 3.61. The Hall–Kier alpha value is -1.52. The molecule has 0 radical (unpaired) electrons. The van der Waals surface area contributed by atoms with Crippen LogP contribution in [0.1, 0.15) is 24.3 Å². The van der Waals surface area contributed by atoms with E-state index < -0.39 is 0 Å². The van der Waals surface area contributed by atoms with Crippen molar-refractivity contribution in [3.8, 4) is 5.75 Å². The van der Waals surface area contributed by atoms with E-state index in [9.17, 15) is 0 Å². The molecule has 4 rings (SSSR count). The van der Waals surface area contributed by atoms with E-state index in [1.54, 1.807) is 7.11 Å². The number of halogens is 1. The highest BCUT2D eigenvalue weighted by Crippen LogP contribution is 2.38. The van der Waals surface area contributed by atoms with Crippen LogP contribution >= 0.6 is 15.9 Å². The van der Waals surface area contributed by atoms with Crippen molar-refractivity contribution in [2.75, 3.05) is 38.2 Å². The quantitative estimate of drug-likeness (QED) is 0.752. The fraction of sp³-hybridized carbons (Fsp3) is 0.429. The van der Waals surface area contributed by atoms with Gasteiger partial charge in [-0.2, -0.15) is 0 Å². The number of piperazine rings is 1. The molecule has 0 aliphatic carbocycles. The fourth-order valence-electron chi connectivity index (χ4n) is 4.34. The summed E-state index contributed by atoms with van der Waals surface area (Å²) in [5.41, 5.74) is 2.71. The summed E-state index contributed by atoms with van der Waals surface area (Å²) in [4.78, 5) is 5.19. The zero-order valence-corrected chi connectivity index (χ0v) is 16.3. The Balaban J connectivity index is 1.47. The third-order valence-electron chi connectivity index (χ3n) is 5.67. The summed E-state index contributed by atoms with van der Waals surface area (Å²) in [5, 5.41) is 0. The van der Waals surface area contributed by atoms with Gasteiger partial charge in [-0.15, -0.1) is 0 Å². The molecule has 2 aliphatic rings. The maximum atomic E-state index is 5.64.